The Bertz CT molecular complexity index is 653. The van der Waals surface area contributed by atoms with Crippen molar-refractivity contribution in [1.82, 2.24) is 5.32 Å². The first-order valence-corrected chi connectivity index (χ1v) is 5.90. The molecule has 0 heterocycles. The molecule has 1 aliphatic carbocycles. The molecule has 0 saturated heterocycles. The number of hydrogen-bond acceptors (Lipinski definition) is 3. The summed E-state index contributed by atoms with van der Waals surface area (Å²) < 4.78 is 52.4. The highest BCUT2D eigenvalue weighted by molar-refractivity contribution is 6.23. The summed E-state index contributed by atoms with van der Waals surface area (Å²) in [4.78, 5) is 22.9. The number of ketones is 1. The normalized spacial score (nSPS) is 15.0. The molecule has 1 fully saturated rings. The van der Waals surface area contributed by atoms with Crippen LogP contribution in [0.15, 0.2) is 17.8 Å². The molecular weight excluding hydrogens is 294 g/mol. The standard InChI is InChI=1S/C13H9F4NO3/c14-8-3-6(9(15)11(17)10(8)16)12(19)7(13(20)21)4-18-5-1-2-5/h3-5,18H,1-2H2,(H,20,21). The van der Waals surface area contributed by atoms with Crippen molar-refractivity contribution in [2.75, 3.05) is 0 Å². The number of carboxylic acid groups (broad SMARTS) is 1. The number of rotatable bonds is 5. The average Bonchev–Trinajstić information content (AvgIpc) is 3.24. The third-order valence-corrected chi connectivity index (χ3v) is 2.86. The van der Waals surface area contributed by atoms with Crippen LogP contribution in [0.1, 0.15) is 23.2 Å². The topological polar surface area (TPSA) is 66.4 Å². The fraction of sp³-hybridized carbons (Fsp3) is 0.231. The lowest BCUT2D eigenvalue weighted by Gasteiger charge is -2.06. The van der Waals surface area contributed by atoms with E-state index in [4.69, 9.17) is 5.11 Å². The molecule has 0 atom stereocenters. The summed E-state index contributed by atoms with van der Waals surface area (Å²) in [6, 6.07) is 0.142. The third kappa shape index (κ3) is 3.04. The first kappa shape index (κ1) is 15.0. The number of carboxylic acids is 1. The lowest BCUT2D eigenvalue weighted by Crippen LogP contribution is -2.20. The lowest BCUT2D eigenvalue weighted by atomic mass is 10.0. The van der Waals surface area contributed by atoms with Gasteiger partial charge in [-0.3, -0.25) is 4.79 Å². The molecule has 0 amide bonds. The number of carbonyl (C=O) groups is 2. The van der Waals surface area contributed by atoms with Gasteiger partial charge < -0.3 is 10.4 Å². The lowest BCUT2D eigenvalue weighted by molar-refractivity contribution is -0.132. The molecule has 1 saturated carbocycles. The average molecular weight is 303 g/mol. The van der Waals surface area contributed by atoms with Gasteiger partial charge in [0.25, 0.3) is 0 Å². The number of carbonyl (C=O) groups excluding carboxylic acids is 1. The second-order valence-electron chi connectivity index (χ2n) is 4.48. The molecule has 21 heavy (non-hydrogen) atoms. The van der Waals surface area contributed by atoms with Crippen LogP contribution in [-0.2, 0) is 4.79 Å². The maximum atomic E-state index is 13.5. The van der Waals surface area contributed by atoms with Crippen LogP contribution in [0.4, 0.5) is 17.6 Å². The van der Waals surface area contributed by atoms with Crippen molar-refractivity contribution in [3.8, 4) is 0 Å². The minimum Gasteiger partial charge on any atom is -0.477 e. The monoisotopic (exact) mass is 303 g/mol. The molecule has 2 rings (SSSR count). The van der Waals surface area contributed by atoms with Gasteiger partial charge in [0.2, 0.25) is 5.78 Å². The molecular formula is C13H9F4NO3. The molecule has 0 aliphatic heterocycles. The number of halogens is 4. The SMILES string of the molecule is O=C(O)C(=CNC1CC1)C(=O)c1cc(F)c(F)c(F)c1F. The Kier molecular flexibility index (Phi) is 3.97. The zero-order valence-corrected chi connectivity index (χ0v) is 10.4. The van der Waals surface area contributed by atoms with Gasteiger partial charge >= 0.3 is 5.97 Å². The highest BCUT2D eigenvalue weighted by Crippen LogP contribution is 2.22. The number of Topliss-reactive ketones (excluding diaryl/α,β-unsaturated/α-hetero) is 1. The van der Waals surface area contributed by atoms with E-state index in [1.54, 1.807) is 0 Å². The van der Waals surface area contributed by atoms with Crippen LogP contribution in [0.25, 0.3) is 0 Å². The van der Waals surface area contributed by atoms with E-state index >= 15 is 0 Å². The van der Waals surface area contributed by atoms with Crippen molar-refractivity contribution in [2.45, 2.75) is 18.9 Å². The van der Waals surface area contributed by atoms with Crippen molar-refractivity contribution in [3.05, 3.63) is 46.7 Å². The largest absolute Gasteiger partial charge is 0.477 e. The van der Waals surface area contributed by atoms with Crippen molar-refractivity contribution < 1.29 is 32.3 Å². The number of aliphatic carboxylic acids is 1. The Hall–Kier alpha value is -2.38. The fourth-order valence-corrected chi connectivity index (χ4v) is 1.56. The predicted molar refractivity (Wildman–Crippen MR) is 62.5 cm³/mol. The molecule has 1 aromatic rings. The first-order chi connectivity index (χ1) is 9.82. The zero-order valence-electron chi connectivity index (χ0n) is 10.4. The van der Waals surface area contributed by atoms with E-state index in [1.807, 2.05) is 0 Å². The molecule has 8 heteroatoms. The molecule has 2 N–H and O–H groups in total. The molecule has 1 aliphatic rings. The smallest absolute Gasteiger partial charge is 0.341 e. The molecule has 0 radical (unpaired) electrons. The molecule has 0 bridgehead atoms. The second kappa shape index (κ2) is 5.55. The summed E-state index contributed by atoms with van der Waals surface area (Å²) in [5.41, 5.74) is -2.08. The van der Waals surface area contributed by atoms with Gasteiger partial charge in [0, 0.05) is 12.2 Å². The van der Waals surface area contributed by atoms with Gasteiger partial charge in [-0.1, -0.05) is 0 Å². The van der Waals surface area contributed by atoms with Gasteiger partial charge in [0.1, 0.15) is 5.57 Å². The fourth-order valence-electron chi connectivity index (χ4n) is 1.56. The highest BCUT2D eigenvalue weighted by atomic mass is 19.2. The van der Waals surface area contributed by atoms with E-state index in [1.165, 1.54) is 0 Å². The Morgan fingerprint density at radius 2 is 1.76 bits per heavy atom. The second-order valence-corrected chi connectivity index (χ2v) is 4.48. The summed E-state index contributed by atoms with van der Waals surface area (Å²) in [6.07, 6.45) is 2.42. The summed E-state index contributed by atoms with van der Waals surface area (Å²) in [5, 5.41) is 11.5. The minimum atomic E-state index is -2.17. The van der Waals surface area contributed by atoms with E-state index in [0.29, 0.717) is 0 Å². The van der Waals surface area contributed by atoms with E-state index in [0.717, 1.165) is 19.0 Å². The Labute approximate surface area is 116 Å². The van der Waals surface area contributed by atoms with Gasteiger partial charge in [0.15, 0.2) is 23.3 Å². The van der Waals surface area contributed by atoms with Gasteiger partial charge in [-0.05, 0) is 18.9 Å². The van der Waals surface area contributed by atoms with E-state index < -0.39 is 46.2 Å². The van der Waals surface area contributed by atoms with E-state index in [2.05, 4.69) is 5.32 Å². The van der Waals surface area contributed by atoms with Crippen LogP contribution in [0.3, 0.4) is 0 Å². The first-order valence-electron chi connectivity index (χ1n) is 5.90. The van der Waals surface area contributed by atoms with Crippen molar-refractivity contribution in [3.63, 3.8) is 0 Å². The van der Waals surface area contributed by atoms with E-state index in [9.17, 15) is 27.2 Å². The predicted octanol–water partition coefficient (Wildman–Crippen LogP) is 2.15. The van der Waals surface area contributed by atoms with Crippen LogP contribution >= 0.6 is 0 Å². The maximum Gasteiger partial charge on any atom is 0.341 e. The van der Waals surface area contributed by atoms with Crippen LogP contribution in [0, 0.1) is 23.3 Å². The summed E-state index contributed by atoms with van der Waals surface area (Å²) in [7, 11) is 0. The minimum absolute atomic E-state index is 0.0127. The summed E-state index contributed by atoms with van der Waals surface area (Å²) in [6.45, 7) is 0. The zero-order chi connectivity index (χ0) is 15.7. The third-order valence-electron chi connectivity index (χ3n) is 2.86. The number of benzene rings is 1. The van der Waals surface area contributed by atoms with Crippen LogP contribution in [0.5, 0.6) is 0 Å². The molecule has 0 aromatic heterocycles. The molecule has 112 valence electrons. The van der Waals surface area contributed by atoms with Crippen molar-refractivity contribution >= 4 is 11.8 Å². The molecule has 0 spiro atoms. The van der Waals surface area contributed by atoms with Crippen molar-refractivity contribution in [1.29, 1.82) is 0 Å². The summed E-state index contributed by atoms with van der Waals surface area (Å²) >= 11 is 0. The van der Waals surface area contributed by atoms with Crippen LogP contribution < -0.4 is 5.32 Å². The van der Waals surface area contributed by atoms with Crippen LogP contribution in [-0.4, -0.2) is 22.9 Å². The maximum absolute atomic E-state index is 13.5. The number of hydrogen-bond donors (Lipinski definition) is 2. The van der Waals surface area contributed by atoms with Crippen molar-refractivity contribution in [2.24, 2.45) is 0 Å². The Balaban J connectivity index is 2.41. The molecule has 1 aromatic carbocycles. The van der Waals surface area contributed by atoms with Gasteiger partial charge in [-0.2, -0.15) is 0 Å². The molecule has 4 nitrogen and oxygen atoms in total. The van der Waals surface area contributed by atoms with Gasteiger partial charge in [-0.25, -0.2) is 22.4 Å². The Morgan fingerprint density at radius 1 is 1.14 bits per heavy atom. The van der Waals surface area contributed by atoms with Gasteiger partial charge in [0.05, 0.1) is 5.56 Å². The number of nitrogens with one attached hydrogen (secondary N) is 1. The summed E-state index contributed by atoms with van der Waals surface area (Å²) in [5.74, 6) is -11.1. The van der Waals surface area contributed by atoms with Crippen LogP contribution in [0.2, 0.25) is 0 Å². The van der Waals surface area contributed by atoms with Gasteiger partial charge in [-0.15, -0.1) is 0 Å². The highest BCUT2D eigenvalue weighted by Gasteiger charge is 2.28. The quantitative estimate of drug-likeness (QED) is 0.166. The Morgan fingerprint density at radius 3 is 2.29 bits per heavy atom. The van der Waals surface area contributed by atoms with E-state index in [-0.39, 0.29) is 12.1 Å². The molecule has 0 unspecified atom stereocenters.